The largest absolute Gasteiger partial charge is 0.478 e. The molecule has 0 aliphatic rings. The van der Waals surface area contributed by atoms with Gasteiger partial charge in [-0.25, -0.2) is 9.18 Å². The molecule has 1 aromatic rings. The summed E-state index contributed by atoms with van der Waals surface area (Å²) in [5.41, 5.74) is 0.562. The SMILES string of the molecule is CN(C)CCC(F)c1cccc(C(=O)O)c1. The summed E-state index contributed by atoms with van der Waals surface area (Å²) in [6.45, 7) is 0.637. The van der Waals surface area contributed by atoms with Gasteiger partial charge < -0.3 is 10.0 Å². The van der Waals surface area contributed by atoms with Crippen molar-refractivity contribution in [2.45, 2.75) is 12.6 Å². The molecule has 16 heavy (non-hydrogen) atoms. The Morgan fingerprint density at radius 1 is 1.50 bits per heavy atom. The van der Waals surface area contributed by atoms with Crippen LogP contribution >= 0.6 is 0 Å². The number of aromatic carboxylic acids is 1. The van der Waals surface area contributed by atoms with Gasteiger partial charge in [-0.3, -0.25) is 0 Å². The Morgan fingerprint density at radius 3 is 2.75 bits per heavy atom. The molecule has 0 aliphatic carbocycles. The van der Waals surface area contributed by atoms with E-state index in [1.165, 1.54) is 12.1 Å². The van der Waals surface area contributed by atoms with Crippen LogP contribution in [-0.2, 0) is 0 Å². The highest BCUT2D eigenvalue weighted by molar-refractivity contribution is 5.87. The van der Waals surface area contributed by atoms with Crippen molar-refractivity contribution in [1.82, 2.24) is 4.90 Å². The molecular formula is C12H16FNO2. The Kier molecular flexibility index (Phi) is 4.43. The molecule has 88 valence electrons. The van der Waals surface area contributed by atoms with E-state index in [0.717, 1.165) is 0 Å². The van der Waals surface area contributed by atoms with Crippen molar-refractivity contribution in [1.29, 1.82) is 0 Å². The van der Waals surface area contributed by atoms with Crippen LogP contribution in [0.3, 0.4) is 0 Å². The first-order valence-corrected chi connectivity index (χ1v) is 5.12. The van der Waals surface area contributed by atoms with E-state index in [-0.39, 0.29) is 5.56 Å². The van der Waals surface area contributed by atoms with Crippen LogP contribution in [0.15, 0.2) is 24.3 Å². The van der Waals surface area contributed by atoms with Gasteiger partial charge in [0.2, 0.25) is 0 Å². The minimum absolute atomic E-state index is 0.130. The fourth-order valence-corrected chi connectivity index (χ4v) is 1.40. The second-order valence-electron chi connectivity index (χ2n) is 3.99. The average Bonchev–Trinajstić information content (AvgIpc) is 2.26. The van der Waals surface area contributed by atoms with Gasteiger partial charge in [-0.2, -0.15) is 0 Å². The van der Waals surface area contributed by atoms with Crippen LogP contribution in [0.1, 0.15) is 28.5 Å². The Labute approximate surface area is 94.5 Å². The van der Waals surface area contributed by atoms with Crippen LogP contribution in [0.2, 0.25) is 0 Å². The van der Waals surface area contributed by atoms with Crippen LogP contribution in [0.25, 0.3) is 0 Å². The summed E-state index contributed by atoms with van der Waals surface area (Å²) in [7, 11) is 3.75. The molecule has 0 radical (unpaired) electrons. The van der Waals surface area contributed by atoms with Gasteiger partial charge in [-0.05, 0) is 38.2 Å². The van der Waals surface area contributed by atoms with Crippen LogP contribution in [0.5, 0.6) is 0 Å². The van der Waals surface area contributed by atoms with E-state index in [0.29, 0.717) is 18.5 Å². The number of halogens is 1. The third-order valence-corrected chi connectivity index (χ3v) is 2.33. The van der Waals surface area contributed by atoms with Gasteiger partial charge in [-0.1, -0.05) is 12.1 Å². The van der Waals surface area contributed by atoms with Crippen LogP contribution in [0.4, 0.5) is 4.39 Å². The Hall–Kier alpha value is -1.42. The second-order valence-corrected chi connectivity index (χ2v) is 3.99. The van der Waals surface area contributed by atoms with Gasteiger partial charge in [0, 0.05) is 6.54 Å². The van der Waals surface area contributed by atoms with Crippen molar-refractivity contribution in [3.8, 4) is 0 Å². The van der Waals surface area contributed by atoms with E-state index in [4.69, 9.17) is 5.11 Å². The zero-order valence-corrected chi connectivity index (χ0v) is 9.48. The zero-order valence-electron chi connectivity index (χ0n) is 9.48. The molecule has 1 atom stereocenters. The van der Waals surface area contributed by atoms with Gasteiger partial charge in [0.05, 0.1) is 5.56 Å². The fraction of sp³-hybridized carbons (Fsp3) is 0.417. The molecule has 0 heterocycles. The molecule has 0 amide bonds. The molecule has 0 aliphatic heterocycles. The number of hydrogen-bond donors (Lipinski definition) is 1. The van der Waals surface area contributed by atoms with Crippen LogP contribution < -0.4 is 0 Å². The molecule has 1 N–H and O–H groups in total. The van der Waals surface area contributed by atoms with Crippen LogP contribution in [0, 0.1) is 0 Å². The first-order valence-electron chi connectivity index (χ1n) is 5.12. The van der Waals surface area contributed by atoms with Gasteiger partial charge in [0.15, 0.2) is 0 Å². The number of carbonyl (C=O) groups is 1. The topological polar surface area (TPSA) is 40.5 Å². The van der Waals surface area contributed by atoms with E-state index in [2.05, 4.69) is 0 Å². The third kappa shape index (κ3) is 3.62. The third-order valence-electron chi connectivity index (χ3n) is 2.33. The lowest BCUT2D eigenvalue weighted by Gasteiger charge is -2.13. The summed E-state index contributed by atoms with van der Waals surface area (Å²) in [5, 5.41) is 8.78. The molecule has 0 spiro atoms. The smallest absolute Gasteiger partial charge is 0.335 e. The molecule has 0 bridgehead atoms. The molecule has 3 nitrogen and oxygen atoms in total. The normalized spacial score (nSPS) is 12.8. The summed E-state index contributed by atoms with van der Waals surface area (Å²) in [4.78, 5) is 12.6. The lowest BCUT2D eigenvalue weighted by atomic mass is 10.0. The lowest BCUT2D eigenvalue weighted by molar-refractivity contribution is 0.0696. The highest BCUT2D eigenvalue weighted by atomic mass is 19.1. The number of rotatable bonds is 5. The molecule has 0 aromatic heterocycles. The first kappa shape index (κ1) is 12.6. The predicted octanol–water partition coefficient (Wildman–Crippen LogP) is 2.35. The van der Waals surface area contributed by atoms with Crippen molar-refractivity contribution in [3.63, 3.8) is 0 Å². The molecule has 1 unspecified atom stereocenters. The maximum Gasteiger partial charge on any atom is 0.335 e. The van der Waals surface area contributed by atoms with Crippen molar-refractivity contribution in [3.05, 3.63) is 35.4 Å². The van der Waals surface area contributed by atoms with Gasteiger partial charge >= 0.3 is 5.97 Å². The van der Waals surface area contributed by atoms with E-state index in [9.17, 15) is 9.18 Å². The minimum Gasteiger partial charge on any atom is -0.478 e. The zero-order chi connectivity index (χ0) is 12.1. The molecular weight excluding hydrogens is 209 g/mol. The summed E-state index contributed by atoms with van der Waals surface area (Å²) < 4.78 is 13.7. The Morgan fingerprint density at radius 2 is 2.19 bits per heavy atom. The van der Waals surface area contributed by atoms with E-state index >= 15 is 0 Å². The first-order chi connectivity index (χ1) is 7.50. The van der Waals surface area contributed by atoms with E-state index in [1.807, 2.05) is 19.0 Å². The monoisotopic (exact) mass is 225 g/mol. The van der Waals surface area contributed by atoms with Crippen LogP contribution in [-0.4, -0.2) is 36.6 Å². The van der Waals surface area contributed by atoms with Gasteiger partial charge in [0.1, 0.15) is 6.17 Å². The fourth-order valence-electron chi connectivity index (χ4n) is 1.40. The minimum atomic E-state index is -1.11. The summed E-state index contributed by atoms with van der Waals surface area (Å²) in [6.07, 6.45) is -0.738. The van der Waals surface area contributed by atoms with E-state index in [1.54, 1.807) is 12.1 Å². The van der Waals surface area contributed by atoms with Crippen molar-refractivity contribution in [2.75, 3.05) is 20.6 Å². The molecule has 0 fully saturated rings. The quantitative estimate of drug-likeness (QED) is 0.836. The van der Waals surface area contributed by atoms with Gasteiger partial charge in [-0.15, -0.1) is 0 Å². The van der Waals surface area contributed by atoms with Gasteiger partial charge in [0.25, 0.3) is 0 Å². The number of carboxylic acids is 1. The average molecular weight is 225 g/mol. The number of nitrogens with zero attached hydrogens (tertiary/aromatic N) is 1. The number of benzene rings is 1. The standard InChI is InChI=1S/C12H16FNO2/c1-14(2)7-6-11(13)9-4-3-5-10(8-9)12(15)16/h3-5,8,11H,6-7H2,1-2H3,(H,15,16). The summed E-state index contributed by atoms with van der Waals surface area (Å²) in [6, 6.07) is 6.04. The second kappa shape index (κ2) is 5.61. The highest BCUT2D eigenvalue weighted by Crippen LogP contribution is 2.22. The molecule has 1 aromatic carbocycles. The van der Waals surface area contributed by atoms with Crippen molar-refractivity contribution in [2.24, 2.45) is 0 Å². The summed E-state index contributed by atoms with van der Waals surface area (Å²) in [5.74, 6) is -1.03. The van der Waals surface area contributed by atoms with Crippen molar-refractivity contribution < 1.29 is 14.3 Å². The molecule has 0 saturated heterocycles. The number of alkyl halides is 1. The summed E-state index contributed by atoms with van der Waals surface area (Å²) >= 11 is 0. The lowest BCUT2D eigenvalue weighted by Crippen LogP contribution is -2.14. The molecule has 0 saturated carbocycles. The van der Waals surface area contributed by atoms with E-state index < -0.39 is 12.1 Å². The maximum absolute atomic E-state index is 13.7. The Bertz CT molecular complexity index is 366. The maximum atomic E-state index is 13.7. The predicted molar refractivity (Wildman–Crippen MR) is 60.4 cm³/mol. The van der Waals surface area contributed by atoms with Crippen molar-refractivity contribution >= 4 is 5.97 Å². The molecule has 1 rings (SSSR count). The molecule has 4 heteroatoms. The number of carboxylic acid groups (broad SMARTS) is 1. The highest BCUT2D eigenvalue weighted by Gasteiger charge is 2.12. The Balaban J connectivity index is 2.71. The number of hydrogen-bond acceptors (Lipinski definition) is 2.